The molecular formula is C22H25NO. The number of fused-ring (bicyclic) bond motifs is 1. The molecule has 1 fully saturated rings. The van der Waals surface area contributed by atoms with Crippen LogP contribution in [0.4, 0.5) is 0 Å². The molecule has 0 N–H and O–H groups in total. The Labute approximate surface area is 144 Å². The van der Waals surface area contributed by atoms with Gasteiger partial charge in [-0.15, -0.1) is 0 Å². The zero-order chi connectivity index (χ0) is 16.4. The van der Waals surface area contributed by atoms with E-state index in [0.717, 1.165) is 44.2 Å². The minimum absolute atomic E-state index is 0.236. The lowest BCUT2D eigenvalue weighted by Gasteiger charge is -2.25. The summed E-state index contributed by atoms with van der Waals surface area (Å²) >= 11 is 0. The minimum Gasteiger partial charge on any atom is -0.336 e. The van der Waals surface area contributed by atoms with Gasteiger partial charge in [0.2, 0.25) is 0 Å². The Morgan fingerprint density at radius 3 is 2.71 bits per heavy atom. The van der Waals surface area contributed by atoms with E-state index in [2.05, 4.69) is 47.4 Å². The zero-order valence-corrected chi connectivity index (χ0v) is 14.2. The SMILES string of the molecule is O=C(c1ccc2c(c1)CCC2)N1CCCC1CCc1ccccc1. The third-order valence-electron chi connectivity index (χ3n) is 5.59. The highest BCUT2D eigenvalue weighted by Gasteiger charge is 2.29. The van der Waals surface area contributed by atoms with Crippen molar-refractivity contribution in [2.45, 2.75) is 51.0 Å². The predicted octanol–water partition coefficient (Wildman–Crippen LogP) is 4.41. The van der Waals surface area contributed by atoms with Crippen molar-refractivity contribution >= 4 is 5.91 Å². The number of carbonyl (C=O) groups excluding carboxylic acids is 1. The summed E-state index contributed by atoms with van der Waals surface area (Å²) in [7, 11) is 0. The lowest BCUT2D eigenvalue weighted by Crippen LogP contribution is -2.35. The Hall–Kier alpha value is -2.09. The molecule has 2 aromatic carbocycles. The Balaban J connectivity index is 1.45. The Morgan fingerprint density at radius 1 is 1.00 bits per heavy atom. The molecule has 1 heterocycles. The van der Waals surface area contributed by atoms with E-state index in [1.807, 2.05) is 6.07 Å². The standard InChI is InChI=1S/C22H25NO/c24-22(20-13-12-18-8-4-9-19(18)16-20)23-15-5-10-21(23)14-11-17-6-2-1-3-7-17/h1-3,6-7,12-13,16,21H,4-5,8-11,14-15H2. The second-order valence-corrected chi connectivity index (χ2v) is 7.16. The lowest BCUT2D eigenvalue weighted by atomic mass is 10.0. The lowest BCUT2D eigenvalue weighted by molar-refractivity contribution is 0.0730. The van der Waals surface area contributed by atoms with Gasteiger partial charge in [0.25, 0.3) is 5.91 Å². The first-order valence-electron chi connectivity index (χ1n) is 9.28. The van der Waals surface area contributed by atoms with Crippen LogP contribution < -0.4 is 0 Å². The average molecular weight is 319 g/mol. The van der Waals surface area contributed by atoms with Gasteiger partial charge in [0.1, 0.15) is 0 Å². The fourth-order valence-corrected chi connectivity index (χ4v) is 4.25. The average Bonchev–Trinajstić information content (AvgIpc) is 3.28. The summed E-state index contributed by atoms with van der Waals surface area (Å²) in [4.78, 5) is 15.1. The van der Waals surface area contributed by atoms with Gasteiger partial charge >= 0.3 is 0 Å². The van der Waals surface area contributed by atoms with Gasteiger partial charge in [0, 0.05) is 18.2 Å². The highest BCUT2D eigenvalue weighted by Crippen LogP contribution is 2.27. The maximum absolute atomic E-state index is 13.0. The van der Waals surface area contributed by atoms with E-state index in [1.54, 1.807) is 0 Å². The van der Waals surface area contributed by atoms with Crippen LogP contribution >= 0.6 is 0 Å². The predicted molar refractivity (Wildman–Crippen MR) is 97.3 cm³/mol. The van der Waals surface area contributed by atoms with Crippen molar-refractivity contribution < 1.29 is 4.79 Å². The van der Waals surface area contributed by atoms with Gasteiger partial charge in [-0.1, -0.05) is 36.4 Å². The number of aryl methyl sites for hydroxylation is 3. The van der Waals surface area contributed by atoms with Crippen LogP contribution in [0.2, 0.25) is 0 Å². The van der Waals surface area contributed by atoms with Gasteiger partial charge in [-0.05, 0) is 73.8 Å². The molecule has 1 aliphatic heterocycles. The maximum Gasteiger partial charge on any atom is 0.254 e. The van der Waals surface area contributed by atoms with E-state index in [4.69, 9.17) is 0 Å². The summed E-state index contributed by atoms with van der Waals surface area (Å²) < 4.78 is 0. The molecule has 1 saturated heterocycles. The van der Waals surface area contributed by atoms with Gasteiger partial charge < -0.3 is 4.90 Å². The largest absolute Gasteiger partial charge is 0.336 e. The molecule has 0 aromatic heterocycles. The maximum atomic E-state index is 13.0. The minimum atomic E-state index is 0.236. The number of hydrogen-bond acceptors (Lipinski definition) is 1. The molecule has 2 nitrogen and oxygen atoms in total. The monoisotopic (exact) mass is 319 g/mol. The Morgan fingerprint density at radius 2 is 1.83 bits per heavy atom. The smallest absolute Gasteiger partial charge is 0.254 e. The van der Waals surface area contributed by atoms with E-state index >= 15 is 0 Å². The molecule has 1 amide bonds. The van der Waals surface area contributed by atoms with Gasteiger partial charge in [-0.25, -0.2) is 0 Å². The van der Waals surface area contributed by atoms with E-state index in [1.165, 1.54) is 29.5 Å². The molecule has 2 aliphatic rings. The van der Waals surface area contributed by atoms with E-state index in [-0.39, 0.29) is 5.91 Å². The van der Waals surface area contributed by atoms with Crippen LogP contribution in [0.5, 0.6) is 0 Å². The normalized spacial score (nSPS) is 19.5. The van der Waals surface area contributed by atoms with Crippen LogP contribution in [0.3, 0.4) is 0 Å². The second kappa shape index (κ2) is 6.80. The van der Waals surface area contributed by atoms with Crippen LogP contribution in [0.1, 0.15) is 52.7 Å². The van der Waals surface area contributed by atoms with Crippen molar-refractivity contribution in [3.05, 3.63) is 70.8 Å². The second-order valence-electron chi connectivity index (χ2n) is 7.16. The zero-order valence-electron chi connectivity index (χ0n) is 14.2. The molecule has 0 radical (unpaired) electrons. The van der Waals surface area contributed by atoms with Crippen LogP contribution in [0.25, 0.3) is 0 Å². The topological polar surface area (TPSA) is 20.3 Å². The molecule has 124 valence electrons. The number of amides is 1. The number of rotatable bonds is 4. The highest BCUT2D eigenvalue weighted by molar-refractivity contribution is 5.95. The molecule has 24 heavy (non-hydrogen) atoms. The summed E-state index contributed by atoms with van der Waals surface area (Å²) in [5.41, 5.74) is 5.09. The van der Waals surface area contributed by atoms with E-state index < -0.39 is 0 Å². The first-order chi connectivity index (χ1) is 11.8. The van der Waals surface area contributed by atoms with Crippen molar-refractivity contribution in [3.8, 4) is 0 Å². The molecule has 1 aliphatic carbocycles. The van der Waals surface area contributed by atoms with Crippen molar-refractivity contribution in [2.24, 2.45) is 0 Å². The Bertz CT molecular complexity index is 722. The third kappa shape index (κ3) is 3.10. The Kier molecular flexibility index (Phi) is 4.38. The fraction of sp³-hybridized carbons (Fsp3) is 0.409. The number of hydrogen-bond donors (Lipinski definition) is 0. The van der Waals surface area contributed by atoms with E-state index in [9.17, 15) is 4.79 Å². The van der Waals surface area contributed by atoms with Gasteiger partial charge in [0.05, 0.1) is 0 Å². The first-order valence-corrected chi connectivity index (χ1v) is 9.28. The van der Waals surface area contributed by atoms with Gasteiger partial charge in [-0.2, -0.15) is 0 Å². The molecule has 1 atom stereocenters. The van der Waals surface area contributed by atoms with Crippen molar-refractivity contribution in [1.29, 1.82) is 0 Å². The molecular weight excluding hydrogens is 294 g/mol. The summed E-state index contributed by atoms with van der Waals surface area (Å²) in [6.45, 7) is 0.912. The van der Waals surface area contributed by atoms with Gasteiger partial charge in [-0.3, -0.25) is 4.79 Å². The first kappa shape index (κ1) is 15.4. The number of likely N-dealkylation sites (tertiary alicyclic amines) is 1. The molecule has 2 heteroatoms. The number of carbonyl (C=O) groups is 1. The summed E-state index contributed by atoms with van der Waals surface area (Å²) in [5.74, 6) is 0.236. The summed E-state index contributed by atoms with van der Waals surface area (Å²) in [6, 6.07) is 17.4. The van der Waals surface area contributed by atoms with Crippen LogP contribution in [0, 0.1) is 0 Å². The molecule has 2 aromatic rings. The molecule has 0 bridgehead atoms. The van der Waals surface area contributed by atoms with Crippen molar-refractivity contribution in [1.82, 2.24) is 4.90 Å². The third-order valence-corrected chi connectivity index (χ3v) is 5.59. The molecule has 4 rings (SSSR count). The summed E-state index contributed by atoms with van der Waals surface area (Å²) in [5, 5.41) is 0. The van der Waals surface area contributed by atoms with Gasteiger partial charge in [0.15, 0.2) is 0 Å². The number of benzene rings is 2. The number of nitrogens with zero attached hydrogens (tertiary/aromatic N) is 1. The molecule has 1 unspecified atom stereocenters. The van der Waals surface area contributed by atoms with Crippen LogP contribution in [0.15, 0.2) is 48.5 Å². The summed E-state index contributed by atoms with van der Waals surface area (Å²) in [6.07, 6.45) is 7.94. The highest BCUT2D eigenvalue weighted by atomic mass is 16.2. The molecule has 0 saturated carbocycles. The quantitative estimate of drug-likeness (QED) is 0.817. The van der Waals surface area contributed by atoms with Crippen molar-refractivity contribution in [2.75, 3.05) is 6.54 Å². The van der Waals surface area contributed by atoms with Crippen LogP contribution in [-0.2, 0) is 19.3 Å². The van der Waals surface area contributed by atoms with Crippen molar-refractivity contribution in [3.63, 3.8) is 0 Å². The van der Waals surface area contributed by atoms with E-state index in [0.29, 0.717) is 6.04 Å². The fourth-order valence-electron chi connectivity index (χ4n) is 4.25. The molecule has 0 spiro atoms. The van der Waals surface area contributed by atoms with Crippen LogP contribution in [-0.4, -0.2) is 23.4 Å².